The number of anilines is 1. The molecule has 2 aliphatic carbocycles. The molecule has 0 heterocycles. The molecule has 0 saturated heterocycles. The summed E-state index contributed by atoms with van der Waals surface area (Å²) in [4.78, 5) is 0. The van der Waals surface area contributed by atoms with Crippen molar-refractivity contribution in [2.24, 2.45) is 11.8 Å². The van der Waals surface area contributed by atoms with Crippen LogP contribution in [0.4, 0.5) is 5.69 Å². The lowest BCUT2D eigenvalue weighted by molar-refractivity contribution is 0.440. The van der Waals surface area contributed by atoms with Crippen LogP contribution in [0, 0.1) is 11.8 Å². The number of hydrogen-bond donors (Lipinski definition) is 1. The van der Waals surface area contributed by atoms with E-state index >= 15 is 0 Å². The van der Waals surface area contributed by atoms with Crippen molar-refractivity contribution < 1.29 is 0 Å². The largest absolute Gasteiger partial charge is 0.381 e. The Labute approximate surface area is 120 Å². The van der Waals surface area contributed by atoms with Gasteiger partial charge in [0.05, 0.1) is 15.7 Å². The van der Waals surface area contributed by atoms with E-state index in [9.17, 15) is 0 Å². The van der Waals surface area contributed by atoms with Gasteiger partial charge in [0.1, 0.15) is 0 Å². The third-order valence-electron chi connectivity index (χ3n) is 4.11. The van der Waals surface area contributed by atoms with Crippen LogP contribution < -0.4 is 5.32 Å². The number of benzene rings is 1. The first-order valence-electron chi connectivity index (χ1n) is 6.05. The van der Waals surface area contributed by atoms with E-state index in [4.69, 9.17) is 23.2 Å². The predicted molar refractivity (Wildman–Crippen MR) is 77.0 cm³/mol. The van der Waals surface area contributed by atoms with Gasteiger partial charge in [-0.15, -0.1) is 0 Å². The Morgan fingerprint density at radius 2 is 1.94 bits per heavy atom. The van der Waals surface area contributed by atoms with Crippen LogP contribution in [-0.2, 0) is 0 Å². The molecule has 17 heavy (non-hydrogen) atoms. The van der Waals surface area contributed by atoms with Crippen molar-refractivity contribution in [3.63, 3.8) is 0 Å². The number of fused-ring (bicyclic) bond motifs is 2. The number of halogens is 3. The molecule has 0 aliphatic heterocycles. The molecule has 2 fully saturated rings. The van der Waals surface area contributed by atoms with Crippen molar-refractivity contribution in [3.8, 4) is 0 Å². The van der Waals surface area contributed by atoms with Gasteiger partial charge in [-0.05, 0) is 59.2 Å². The maximum atomic E-state index is 6.25. The highest BCUT2D eigenvalue weighted by Gasteiger charge is 2.39. The van der Waals surface area contributed by atoms with Crippen LogP contribution >= 0.6 is 39.1 Å². The van der Waals surface area contributed by atoms with Gasteiger partial charge in [-0.2, -0.15) is 0 Å². The summed E-state index contributed by atoms with van der Waals surface area (Å²) in [6.07, 6.45) is 5.45. The fraction of sp³-hybridized carbons (Fsp3) is 0.538. The van der Waals surface area contributed by atoms with Gasteiger partial charge in [0.2, 0.25) is 0 Å². The summed E-state index contributed by atoms with van der Waals surface area (Å²) in [6.45, 7) is 0. The molecule has 1 N–H and O–H groups in total. The van der Waals surface area contributed by atoms with E-state index in [2.05, 4.69) is 21.2 Å². The SMILES string of the molecule is Clc1c(Br)ccc(NC2CC3CCC2C3)c1Cl. The number of rotatable bonds is 2. The highest BCUT2D eigenvalue weighted by molar-refractivity contribution is 9.10. The van der Waals surface area contributed by atoms with E-state index in [-0.39, 0.29) is 0 Å². The monoisotopic (exact) mass is 333 g/mol. The van der Waals surface area contributed by atoms with Gasteiger partial charge in [0, 0.05) is 10.5 Å². The molecule has 3 atom stereocenters. The minimum absolute atomic E-state index is 0.587. The van der Waals surface area contributed by atoms with Gasteiger partial charge in [-0.1, -0.05) is 29.6 Å². The van der Waals surface area contributed by atoms with E-state index in [1.54, 1.807) is 0 Å². The van der Waals surface area contributed by atoms with Crippen molar-refractivity contribution in [2.45, 2.75) is 31.7 Å². The first kappa shape index (κ1) is 12.1. The fourth-order valence-corrected chi connectivity index (χ4v) is 4.09. The summed E-state index contributed by atoms with van der Waals surface area (Å²) < 4.78 is 0.850. The summed E-state index contributed by atoms with van der Waals surface area (Å²) >= 11 is 15.8. The predicted octanol–water partition coefficient (Wildman–Crippen LogP) is 5.36. The molecule has 2 saturated carbocycles. The lowest BCUT2D eigenvalue weighted by Gasteiger charge is -2.24. The van der Waals surface area contributed by atoms with Gasteiger partial charge in [0.15, 0.2) is 0 Å². The van der Waals surface area contributed by atoms with Crippen LogP contribution in [0.25, 0.3) is 0 Å². The third-order valence-corrected chi connectivity index (χ3v) is 5.89. The van der Waals surface area contributed by atoms with Gasteiger partial charge in [-0.3, -0.25) is 0 Å². The first-order valence-corrected chi connectivity index (χ1v) is 7.60. The summed E-state index contributed by atoms with van der Waals surface area (Å²) in [5.41, 5.74) is 0.970. The molecule has 2 aliphatic rings. The van der Waals surface area contributed by atoms with Crippen LogP contribution in [-0.4, -0.2) is 6.04 Å². The Bertz CT molecular complexity index is 449. The number of hydrogen-bond acceptors (Lipinski definition) is 1. The summed E-state index contributed by atoms with van der Waals surface area (Å²) in [5.74, 6) is 1.76. The molecule has 92 valence electrons. The minimum atomic E-state index is 0.587. The smallest absolute Gasteiger partial charge is 0.0835 e. The van der Waals surface area contributed by atoms with E-state index in [0.717, 1.165) is 22.0 Å². The van der Waals surface area contributed by atoms with E-state index in [0.29, 0.717) is 16.1 Å². The van der Waals surface area contributed by atoms with Gasteiger partial charge >= 0.3 is 0 Å². The van der Waals surface area contributed by atoms with Crippen molar-refractivity contribution >= 4 is 44.8 Å². The van der Waals surface area contributed by atoms with Gasteiger partial charge < -0.3 is 5.32 Å². The van der Waals surface area contributed by atoms with E-state index in [1.165, 1.54) is 25.7 Å². The zero-order valence-corrected chi connectivity index (χ0v) is 12.4. The maximum absolute atomic E-state index is 6.25. The molecule has 1 aromatic rings. The second-order valence-corrected chi connectivity index (χ2v) is 6.76. The topological polar surface area (TPSA) is 12.0 Å². The number of nitrogens with one attached hydrogen (secondary N) is 1. The molecule has 1 nitrogen and oxygen atoms in total. The first-order chi connectivity index (χ1) is 8.15. The molecule has 0 radical (unpaired) electrons. The Morgan fingerprint density at radius 1 is 1.12 bits per heavy atom. The highest BCUT2D eigenvalue weighted by atomic mass is 79.9. The lowest BCUT2D eigenvalue weighted by Crippen LogP contribution is -2.25. The van der Waals surface area contributed by atoms with Gasteiger partial charge in [0.25, 0.3) is 0 Å². The van der Waals surface area contributed by atoms with Crippen molar-refractivity contribution in [2.75, 3.05) is 5.32 Å². The zero-order chi connectivity index (χ0) is 12.0. The standard InChI is InChI=1S/C13H14BrCl2N/c14-9-3-4-10(13(16)12(9)15)17-11-6-7-1-2-8(11)5-7/h3-4,7-8,11,17H,1-2,5-6H2. The summed E-state index contributed by atoms with van der Waals surface area (Å²) in [7, 11) is 0. The maximum Gasteiger partial charge on any atom is 0.0835 e. The minimum Gasteiger partial charge on any atom is -0.381 e. The van der Waals surface area contributed by atoms with Crippen LogP contribution in [0.15, 0.2) is 16.6 Å². The summed E-state index contributed by atoms with van der Waals surface area (Å²) in [6, 6.07) is 4.54. The zero-order valence-electron chi connectivity index (χ0n) is 9.35. The molecular formula is C13H14BrCl2N. The average molecular weight is 335 g/mol. The van der Waals surface area contributed by atoms with Gasteiger partial charge in [-0.25, -0.2) is 0 Å². The Hall–Kier alpha value is 0.0800. The van der Waals surface area contributed by atoms with Crippen molar-refractivity contribution in [3.05, 3.63) is 26.7 Å². The lowest BCUT2D eigenvalue weighted by atomic mass is 9.95. The quantitative estimate of drug-likeness (QED) is 0.718. The molecule has 0 aromatic heterocycles. The molecule has 3 rings (SSSR count). The third kappa shape index (κ3) is 2.20. The molecule has 1 aromatic carbocycles. The van der Waals surface area contributed by atoms with Crippen LogP contribution in [0.2, 0.25) is 10.0 Å². The van der Waals surface area contributed by atoms with Crippen LogP contribution in [0.5, 0.6) is 0 Å². The second-order valence-electron chi connectivity index (χ2n) is 5.15. The van der Waals surface area contributed by atoms with E-state index < -0.39 is 0 Å². The molecule has 0 spiro atoms. The Morgan fingerprint density at radius 3 is 2.59 bits per heavy atom. The van der Waals surface area contributed by atoms with Crippen LogP contribution in [0.1, 0.15) is 25.7 Å². The van der Waals surface area contributed by atoms with Crippen LogP contribution in [0.3, 0.4) is 0 Å². The molecule has 2 bridgehead atoms. The normalized spacial score (nSPS) is 30.9. The van der Waals surface area contributed by atoms with E-state index in [1.807, 2.05) is 12.1 Å². The fourth-order valence-electron chi connectivity index (χ4n) is 3.26. The molecule has 4 heteroatoms. The Balaban J connectivity index is 1.79. The Kier molecular flexibility index (Phi) is 3.31. The molecule has 3 unspecified atom stereocenters. The summed E-state index contributed by atoms with van der Waals surface area (Å²) in [5, 5.41) is 4.80. The highest BCUT2D eigenvalue weighted by Crippen LogP contribution is 2.46. The second kappa shape index (κ2) is 4.64. The average Bonchev–Trinajstić information content (AvgIpc) is 2.92. The van der Waals surface area contributed by atoms with Crippen molar-refractivity contribution in [1.29, 1.82) is 0 Å². The molecule has 0 amide bonds. The molecular weight excluding hydrogens is 321 g/mol. The van der Waals surface area contributed by atoms with Crippen molar-refractivity contribution in [1.82, 2.24) is 0 Å².